The zero-order valence-corrected chi connectivity index (χ0v) is 15.6. The van der Waals surface area contributed by atoms with Gasteiger partial charge in [0.25, 0.3) is 5.91 Å². The van der Waals surface area contributed by atoms with Crippen LogP contribution in [0.1, 0.15) is 57.4 Å². The molecular weight excluding hydrogens is 330 g/mol. The van der Waals surface area contributed by atoms with Gasteiger partial charge in [-0.1, -0.05) is 49.6 Å². The standard InChI is InChI=1S/C21H29NO4/c1-2-25-20(24)22-15-9-14-21(19(22)23,18-12-7-4-8-13-18)26-16-17-10-5-3-6-11-17/h4,7-8,12-13,17H,2-3,5-6,9-11,14-16H2,1H3. The molecule has 3 rings (SSSR count). The van der Waals surface area contributed by atoms with E-state index >= 15 is 0 Å². The van der Waals surface area contributed by atoms with Crippen molar-refractivity contribution in [1.82, 2.24) is 4.90 Å². The Bertz CT molecular complexity index is 612. The highest BCUT2D eigenvalue weighted by Gasteiger charge is 2.49. The molecule has 5 nitrogen and oxygen atoms in total. The maximum Gasteiger partial charge on any atom is 0.416 e. The average Bonchev–Trinajstić information content (AvgIpc) is 2.69. The van der Waals surface area contributed by atoms with Gasteiger partial charge in [-0.05, 0) is 44.1 Å². The minimum Gasteiger partial charge on any atom is -0.449 e. The molecule has 26 heavy (non-hydrogen) atoms. The van der Waals surface area contributed by atoms with E-state index in [0.29, 0.717) is 31.9 Å². The molecule has 1 aliphatic heterocycles. The highest BCUT2D eigenvalue weighted by Crippen LogP contribution is 2.38. The number of imide groups is 1. The molecule has 0 spiro atoms. The predicted molar refractivity (Wildman–Crippen MR) is 98.6 cm³/mol. The van der Waals surface area contributed by atoms with Crippen molar-refractivity contribution in [2.75, 3.05) is 19.8 Å². The van der Waals surface area contributed by atoms with Crippen LogP contribution >= 0.6 is 0 Å². The summed E-state index contributed by atoms with van der Waals surface area (Å²) in [5.74, 6) is 0.208. The van der Waals surface area contributed by atoms with E-state index < -0.39 is 11.7 Å². The van der Waals surface area contributed by atoms with Crippen LogP contribution < -0.4 is 0 Å². The molecule has 2 aliphatic rings. The number of piperidine rings is 1. The number of benzene rings is 1. The minimum absolute atomic E-state index is 0.254. The van der Waals surface area contributed by atoms with Gasteiger partial charge in [-0.2, -0.15) is 0 Å². The molecule has 1 atom stereocenters. The molecule has 0 N–H and O–H groups in total. The molecule has 1 unspecified atom stereocenters. The van der Waals surface area contributed by atoms with E-state index in [4.69, 9.17) is 9.47 Å². The second-order valence-corrected chi connectivity index (χ2v) is 7.27. The van der Waals surface area contributed by atoms with E-state index in [1.807, 2.05) is 30.3 Å². The van der Waals surface area contributed by atoms with Crippen LogP contribution in [-0.2, 0) is 19.9 Å². The molecular formula is C21H29NO4. The van der Waals surface area contributed by atoms with E-state index in [1.54, 1.807) is 6.92 Å². The monoisotopic (exact) mass is 359 g/mol. The molecule has 0 aromatic heterocycles. The second kappa shape index (κ2) is 8.67. The fraction of sp³-hybridized carbons (Fsp3) is 0.619. The smallest absolute Gasteiger partial charge is 0.416 e. The number of rotatable bonds is 5. The maximum absolute atomic E-state index is 13.3. The van der Waals surface area contributed by atoms with Crippen molar-refractivity contribution in [2.24, 2.45) is 5.92 Å². The van der Waals surface area contributed by atoms with Crippen molar-refractivity contribution in [1.29, 1.82) is 0 Å². The Morgan fingerprint density at radius 1 is 1.15 bits per heavy atom. The summed E-state index contributed by atoms with van der Waals surface area (Å²) in [5, 5.41) is 0. The molecule has 1 aliphatic carbocycles. The van der Waals surface area contributed by atoms with Crippen LogP contribution in [0.25, 0.3) is 0 Å². The molecule has 1 aromatic carbocycles. The number of amides is 2. The van der Waals surface area contributed by atoms with Gasteiger partial charge in [-0.25, -0.2) is 9.69 Å². The lowest BCUT2D eigenvalue weighted by Crippen LogP contribution is -2.55. The SMILES string of the molecule is CCOC(=O)N1CCCC(OCC2CCCCC2)(c2ccccc2)C1=O. The minimum atomic E-state index is -1.08. The van der Waals surface area contributed by atoms with E-state index in [-0.39, 0.29) is 12.5 Å². The quantitative estimate of drug-likeness (QED) is 0.788. The van der Waals surface area contributed by atoms with Gasteiger partial charge < -0.3 is 9.47 Å². The van der Waals surface area contributed by atoms with Crippen molar-refractivity contribution < 1.29 is 19.1 Å². The lowest BCUT2D eigenvalue weighted by molar-refractivity contribution is -0.168. The molecule has 1 heterocycles. The lowest BCUT2D eigenvalue weighted by Gasteiger charge is -2.41. The van der Waals surface area contributed by atoms with Gasteiger partial charge >= 0.3 is 6.09 Å². The van der Waals surface area contributed by atoms with E-state index in [1.165, 1.54) is 24.2 Å². The molecule has 0 radical (unpaired) electrons. The van der Waals surface area contributed by atoms with E-state index in [0.717, 1.165) is 18.4 Å². The first-order valence-electron chi connectivity index (χ1n) is 9.85. The summed E-state index contributed by atoms with van der Waals surface area (Å²) in [5.41, 5.74) is -0.251. The number of carbonyl (C=O) groups is 2. The molecule has 5 heteroatoms. The number of hydrogen-bond donors (Lipinski definition) is 0. The largest absolute Gasteiger partial charge is 0.449 e. The summed E-state index contributed by atoms with van der Waals surface area (Å²) >= 11 is 0. The molecule has 1 aromatic rings. The van der Waals surface area contributed by atoms with Crippen LogP contribution in [0.2, 0.25) is 0 Å². The van der Waals surface area contributed by atoms with E-state index in [2.05, 4.69) is 0 Å². The Morgan fingerprint density at radius 2 is 1.88 bits per heavy atom. The van der Waals surface area contributed by atoms with Crippen LogP contribution in [0, 0.1) is 5.92 Å². The second-order valence-electron chi connectivity index (χ2n) is 7.27. The highest BCUT2D eigenvalue weighted by atomic mass is 16.6. The van der Waals surface area contributed by atoms with Crippen molar-refractivity contribution >= 4 is 12.0 Å². The zero-order chi connectivity index (χ0) is 18.4. The van der Waals surface area contributed by atoms with Crippen molar-refractivity contribution in [2.45, 2.75) is 57.5 Å². The molecule has 1 saturated carbocycles. The topological polar surface area (TPSA) is 55.8 Å². The first-order chi connectivity index (χ1) is 12.7. The normalized spacial score (nSPS) is 24.5. The van der Waals surface area contributed by atoms with Crippen LogP contribution in [0.5, 0.6) is 0 Å². The van der Waals surface area contributed by atoms with Crippen LogP contribution in [-0.4, -0.2) is 36.7 Å². The first-order valence-corrected chi connectivity index (χ1v) is 9.85. The van der Waals surface area contributed by atoms with Gasteiger partial charge in [0.1, 0.15) is 0 Å². The average molecular weight is 359 g/mol. The Kier molecular flexibility index (Phi) is 6.30. The van der Waals surface area contributed by atoms with Crippen molar-refractivity contribution in [3.8, 4) is 0 Å². The van der Waals surface area contributed by atoms with Gasteiger partial charge in [-0.3, -0.25) is 4.79 Å². The zero-order valence-electron chi connectivity index (χ0n) is 15.6. The molecule has 2 fully saturated rings. The summed E-state index contributed by atoms with van der Waals surface area (Å²) in [4.78, 5) is 26.8. The summed E-state index contributed by atoms with van der Waals surface area (Å²) in [6.07, 6.45) is 6.79. The maximum atomic E-state index is 13.3. The summed E-state index contributed by atoms with van der Waals surface area (Å²) in [6, 6.07) is 9.60. The van der Waals surface area contributed by atoms with Crippen LogP contribution in [0.3, 0.4) is 0 Å². The third kappa shape index (κ3) is 3.93. The van der Waals surface area contributed by atoms with Gasteiger partial charge in [0, 0.05) is 6.54 Å². The third-order valence-corrected chi connectivity index (χ3v) is 5.52. The highest BCUT2D eigenvalue weighted by molar-refractivity contribution is 5.98. The lowest BCUT2D eigenvalue weighted by atomic mass is 9.84. The van der Waals surface area contributed by atoms with E-state index in [9.17, 15) is 9.59 Å². The Labute approximate surface area is 155 Å². The predicted octanol–water partition coefficient (Wildman–Crippen LogP) is 4.26. The summed E-state index contributed by atoms with van der Waals surface area (Å²) in [6.45, 7) is 2.95. The Morgan fingerprint density at radius 3 is 2.58 bits per heavy atom. The fourth-order valence-corrected chi connectivity index (χ4v) is 4.09. The fourth-order valence-electron chi connectivity index (χ4n) is 4.09. The molecule has 2 amide bonds. The Balaban J connectivity index is 1.84. The van der Waals surface area contributed by atoms with Crippen molar-refractivity contribution in [3.63, 3.8) is 0 Å². The number of nitrogens with zero attached hydrogens (tertiary/aromatic N) is 1. The third-order valence-electron chi connectivity index (χ3n) is 5.52. The molecule has 142 valence electrons. The Hall–Kier alpha value is -1.88. The summed E-state index contributed by atoms with van der Waals surface area (Å²) in [7, 11) is 0. The van der Waals surface area contributed by atoms with Gasteiger partial charge in [0.05, 0.1) is 13.2 Å². The van der Waals surface area contributed by atoms with Gasteiger partial charge in [0.2, 0.25) is 0 Å². The van der Waals surface area contributed by atoms with Gasteiger partial charge in [-0.15, -0.1) is 0 Å². The summed E-state index contributed by atoms with van der Waals surface area (Å²) < 4.78 is 11.5. The first kappa shape index (κ1) is 18.9. The number of hydrogen-bond acceptors (Lipinski definition) is 4. The number of carbonyl (C=O) groups excluding carboxylic acids is 2. The van der Waals surface area contributed by atoms with Crippen LogP contribution in [0.4, 0.5) is 4.79 Å². The van der Waals surface area contributed by atoms with Crippen LogP contribution in [0.15, 0.2) is 30.3 Å². The number of ether oxygens (including phenoxy) is 2. The molecule has 0 bridgehead atoms. The molecule has 1 saturated heterocycles. The van der Waals surface area contributed by atoms with Gasteiger partial charge in [0.15, 0.2) is 5.60 Å². The van der Waals surface area contributed by atoms with Crippen molar-refractivity contribution in [3.05, 3.63) is 35.9 Å². The number of likely N-dealkylation sites (tertiary alicyclic amines) is 1.